The highest BCUT2D eigenvalue weighted by Crippen LogP contribution is 2.47. The van der Waals surface area contributed by atoms with Gasteiger partial charge in [-0.15, -0.1) is 0 Å². The molecule has 1 aromatic rings. The van der Waals surface area contributed by atoms with E-state index < -0.39 is 35.7 Å². The zero-order valence-corrected chi connectivity index (χ0v) is 10.1. The lowest BCUT2D eigenvalue weighted by atomic mass is 10.1. The van der Waals surface area contributed by atoms with E-state index in [4.69, 9.17) is 5.11 Å². The van der Waals surface area contributed by atoms with E-state index in [0.717, 1.165) is 12.1 Å². The third kappa shape index (κ3) is 3.12. The van der Waals surface area contributed by atoms with Crippen molar-refractivity contribution in [2.24, 2.45) is 0 Å². The molecule has 0 heterocycles. The van der Waals surface area contributed by atoms with Crippen LogP contribution in [0.3, 0.4) is 0 Å². The van der Waals surface area contributed by atoms with Crippen molar-refractivity contribution in [1.82, 2.24) is 0 Å². The first-order valence-corrected chi connectivity index (χ1v) is 5.18. The molecule has 4 nitrogen and oxygen atoms in total. The van der Waals surface area contributed by atoms with E-state index in [0.29, 0.717) is 12.1 Å². The largest absolute Gasteiger partial charge is 0.478 e. The van der Waals surface area contributed by atoms with Crippen LogP contribution in [-0.4, -0.2) is 35.1 Å². The van der Waals surface area contributed by atoms with Crippen LogP contribution >= 0.6 is 0 Å². The molecular weight excluding hydrogens is 329 g/mol. The molecule has 0 radical (unpaired) electrons. The summed E-state index contributed by atoms with van der Waals surface area (Å²) in [6.45, 7) is 0. The van der Waals surface area contributed by atoms with Gasteiger partial charge in [0.05, 0.1) is 5.56 Å². The summed E-state index contributed by atoms with van der Waals surface area (Å²) in [4.78, 5) is 21.4. The minimum atomic E-state index is -6.66. The number of carbonyl (C=O) groups is 2. The number of ether oxygens (including phenoxy) is 1. The number of rotatable bonds is 4. The van der Waals surface area contributed by atoms with Gasteiger partial charge in [-0.25, -0.2) is 9.59 Å². The van der Waals surface area contributed by atoms with E-state index in [2.05, 4.69) is 4.74 Å². The maximum atomic E-state index is 12.9. The van der Waals surface area contributed by atoms with Gasteiger partial charge in [-0.3, -0.25) is 0 Å². The summed E-state index contributed by atoms with van der Waals surface area (Å²) in [6, 6.07) is 2.82. The topological polar surface area (TPSA) is 63.6 Å². The molecule has 0 aliphatic carbocycles. The number of aromatic carboxylic acids is 1. The fraction of sp³-hybridized carbons (Fsp3) is 0.273. The number of esters is 1. The monoisotopic (exact) mass is 334 g/mol. The first kappa shape index (κ1) is 17.7. The quantitative estimate of drug-likeness (QED) is 0.522. The molecule has 1 rings (SSSR count). The van der Waals surface area contributed by atoms with E-state index in [-0.39, 0.29) is 5.56 Å². The van der Waals surface area contributed by atoms with Gasteiger partial charge in [0, 0.05) is 0 Å². The van der Waals surface area contributed by atoms with E-state index >= 15 is 0 Å². The Bertz CT molecular complexity index is 577. The Kier molecular flexibility index (Phi) is 4.40. The Balaban J connectivity index is 2.98. The van der Waals surface area contributed by atoms with Gasteiger partial charge in [0.15, 0.2) is 0 Å². The molecule has 0 spiro atoms. The van der Waals surface area contributed by atoms with Gasteiger partial charge in [0.25, 0.3) is 0 Å². The lowest BCUT2D eigenvalue weighted by Crippen LogP contribution is -2.57. The summed E-state index contributed by atoms with van der Waals surface area (Å²) < 4.78 is 90.4. The average molecular weight is 334 g/mol. The maximum Gasteiger partial charge on any atom is 0.460 e. The van der Waals surface area contributed by atoms with Crippen LogP contribution < -0.4 is 4.74 Å². The summed E-state index contributed by atoms with van der Waals surface area (Å²) >= 11 is 0. The van der Waals surface area contributed by atoms with Crippen molar-refractivity contribution >= 4 is 11.9 Å². The molecule has 0 saturated heterocycles. The van der Waals surface area contributed by atoms with Crippen molar-refractivity contribution < 1.29 is 50.2 Å². The van der Waals surface area contributed by atoms with Gasteiger partial charge >= 0.3 is 30.0 Å². The lowest BCUT2D eigenvalue weighted by Gasteiger charge is -2.26. The molecule has 0 fully saturated rings. The number of carboxylic acid groups (broad SMARTS) is 1. The molecule has 0 aromatic heterocycles. The number of hydrogen-bond donors (Lipinski definition) is 1. The predicted octanol–water partition coefficient (Wildman–Crippen LogP) is 3.12. The van der Waals surface area contributed by atoms with Crippen LogP contribution in [0.1, 0.15) is 10.4 Å². The van der Waals surface area contributed by atoms with Crippen molar-refractivity contribution in [2.45, 2.75) is 18.0 Å². The molecule has 22 heavy (non-hydrogen) atoms. The lowest BCUT2D eigenvalue weighted by molar-refractivity contribution is -0.346. The van der Waals surface area contributed by atoms with Crippen molar-refractivity contribution in [3.05, 3.63) is 29.8 Å². The van der Waals surface area contributed by atoms with E-state index in [1.807, 2.05) is 0 Å². The average Bonchev–Trinajstić information content (AvgIpc) is 2.37. The molecule has 0 unspecified atom stereocenters. The van der Waals surface area contributed by atoms with Crippen LogP contribution in [0.5, 0.6) is 5.75 Å². The molecule has 1 N–H and O–H groups in total. The van der Waals surface area contributed by atoms with Crippen LogP contribution in [0, 0.1) is 0 Å². The third-order valence-corrected chi connectivity index (χ3v) is 2.32. The fourth-order valence-electron chi connectivity index (χ4n) is 1.14. The number of carboxylic acids is 1. The second-order valence-corrected chi connectivity index (χ2v) is 3.87. The zero-order chi connectivity index (χ0) is 17.3. The molecule has 122 valence electrons. The molecular formula is C11H5F7O4. The molecule has 0 aliphatic heterocycles. The first-order chi connectivity index (χ1) is 9.80. The molecule has 0 amide bonds. The van der Waals surface area contributed by atoms with Crippen LogP contribution in [-0.2, 0) is 4.79 Å². The fourth-order valence-corrected chi connectivity index (χ4v) is 1.14. The summed E-state index contributed by atoms with van der Waals surface area (Å²) in [5, 5.41) is 8.53. The Labute approximate surface area is 117 Å². The van der Waals surface area contributed by atoms with Crippen LogP contribution in [0.25, 0.3) is 0 Å². The predicted molar refractivity (Wildman–Crippen MR) is 55.0 cm³/mol. The summed E-state index contributed by atoms with van der Waals surface area (Å²) in [5.41, 5.74) is -0.354. The van der Waals surface area contributed by atoms with Crippen molar-refractivity contribution in [2.75, 3.05) is 0 Å². The highest BCUT2D eigenvalue weighted by atomic mass is 19.4. The Morgan fingerprint density at radius 1 is 0.909 bits per heavy atom. The number of halogens is 7. The SMILES string of the molecule is O=C(O)c1ccc(OC(=O)C(F)(F)C(F)(F)C(F)(F)F)cc1. The van der Waals surface area contributed by atoms with Gasteiger partial charge in [0.1, 0.15) is 5.75 Å². The van der Waals surface area contributed by atoms with Gasteiger partial charge in [-0.1, -0.05) is 0 Å². The van der Waals surface area contributed by atoms with Gasteiger partial charge in [-0.2, -0.15) is 30.7 Å². The number of benzene rings is 1. The van der Waals surface area contributed by atoms with Crippen LogP contribution in [0.15, 0.2) is 24.3 Å². The highest BCUT2D eigenvalue weighted by molar-refractivity contribution is 5.88. The van der Waals surface area contributed by atoms with Gasteiger partial charge in [0.2, 0.25) is 0 Å². The Morgan fingerprint density at radius 3 is 1.73 bits per heavy atom. The zero-order valence-electron chi connectivity index (χ0n) is 10.1. The van der Waals surface area contributed by atoms with E-state index in [9.17, 15) is 40.3 Å². The first-order valence-electron chi connectivity index (χ1n) is 5.18. The Hall–Kier alpha value is -2.33. The Morgan fingerprint density at radius 2 is 1.36 bits per heavy atom. The molecule has 0 aliphatic rings. The number of hydrogen-bond acceptors (Lipinski definition) is 3. The minimum absolute atomic E-state index is 0.354. The van der Waals surface area contributed by atoms with Crippen LogP contribution in [0.2, 0.25) is 0 Å². The summed E-state index contributed by atoms with van der Waals surface area (Å²) in [7, 11) is 0. The van der Waals surface area contributed by atoms with Crippen molar-refractivity contribution in [1.29, 1.82) is 0 Å². The van der Waals surface area contributed by atoms with Gasteiger partial charge in [-0.05, 0) is 24.3 Å². The highest BCUT2D eigenvalue weighted by Gasteiger charge is 2.77. The van der Waals surface area contributed by atoms with Gasteiger partial charge < -0.3 is 9.84 Å². The smallest absolute Gasteiger partial charge is 0.460 e. The number of alkyl halides is 7. The van der Waals surface area contributed by atoms with Crippen LogP contribution in [0.4, 0.5) is 30.7 Å². The summed E-state index contributed by atoms with van der Waals surface area (Å²) in [5.74, 6) is -18.2. The second kappa shape index (κ2) is 5.46. The maximum absolute atomic E-state index is 12.9. The van der Waals surface area contributed by atoms with Crippen molar-refractivity contribution in [3.63, 3.8) is 0 Å². The summed E-state index contributed by atoms with van der Waals surface area (Å²) in [6.07, 6.45) is -6.66. The molecule has 0 atom stereocenters. The molecule has 0 bridgehead atoms. The minimum Gasteiger partial charge on any atom is -0.478 e. The van der Waals surface area contributed by atoms with E-state index in [1.165, 1.54) is 0 Å². The standard InChI is InChI=1S/C11H5F7O4/c12-9(13,10(14,15)11(16,17)18)8(21)22-6-3-1-5(2-4-6)7(19)20/h1-4H,(H,19,20). The third-order valence-electron chi connectivity index (χ3n) is 2.32. The van der Waals surface area contributed by atoms with E-state index in [1.54, 1.807) is 0 Å². The molecule has 11 heteroatoms. The van der Waals surface area contributed by atoms with Crippen molar-refractivity contribution in [3.8, 4) is 5.75 Å². The number of carbonyl (C=O) groups excluding carboxylic acids is 1. The second-order valence-electron chi connectivity index (χ2n) is 3.87. The molecule has 0 saturated carbocycles. The molecule has 1 aromatic carbocycles. The normalized spacial score (nSPS) is 12.9.